The van der Waals surface area contributed by atoms with E-state index < -0.39 is 12.1 Å². The first-order valence-corrected chi connectivity index (χ1v) is 7.47. The highest BCUT2D eigenvalue weighted by Crippen LogP contribution is 2.23. The molecule has 1 aromatic heterocycles. The largest absolute Gasteiger partial charge is 0.469 e. The molecule has 1 aromatic carbocycles. The molecule has 0 saturated heterocycles. The maximum atomic E-state index is 12.4. The van der Waals surface area contributed by atoms with Crippen LogP contribution in [0.25, 0.3) is 0 Å². The minimum Gasteiger partial charge on any atom is -0.469 e. The van der Waals surface area contributed by atoms with E-state index in [-0.39, 0.29) is 5.78 Å². The first-order chi connectivity index (χ1) is 10.6. The van der Waals surface area contributed by atoms with Crippen LogP contribution in [0.5, 0.6) is 0 Å². The van der Waals surface area contributed by atoms with Crippen molar-refractivity contribution in [2.45, 2.75) is 39.2 Å². The molecule has 22 heavy (non-hydrogen) atoms. The molecule has 0 fully saturated rings. The van der Waals surface area contributed by atoms with Gasteiger partial charge in [-0.25, -0.2) is 4.79 Å². The number of rotatable bonds is 4. The summed E-state index contributed by atoms with van der Waals surface area (Å²) in [5.74, 6) is -0.223. The second kappa shape index (κ2) is 5.79. The van der Waals surface area contributed by atoms with Gasteiger partial charge in [0.25, 0.3) is 0 Å². The predicted octanol–water partition coefficient (Wildman–Crippen LogP) is 3.50. The number of carbonyl (C=O) groups is 2. The lowest BCUT2D eigenvalue weighted by atomic mass is 10.0. The Hall–Kier alpha value is -2.36. The van der Waals surface area contributed by atoms with E-state index in [4.69, 9.17) is 9.15 Å². The van der Waals surface area contributed by atoms with E-state index in [1.807, 2.05) is 18.2 Å². The van der Waals surface area contributed by atoms with Crippen molar-refractivity contribution >= 4 is 11.8 Å². The molecule has 1 heterocycles. The second-order valence-electron chi connectivity index (χ2n) is 5.64. The number of esters is 1. The molecule has 0 N–H and O–H groups in total. The van der Waals surface area contributed by atoms with Gasteiger partial charge in [0, 0.05) is 5.56 Å². The zero-order valence-electron chi connectivity index (χ0n) is 12.7. The van der Waals surface area contributed by atoms with Gasteiger partial charge in [0.05, 0.1) is 6.26 Å². The second-order valence-corrected chi connectivity index (χ2v) is 5.64. The zero-order valence-corrected chi connectivity index (χ0v) is 12.7. The Bertz CT molecular complexity index is 726. The molecule has 4 heteroatoms. The van der Waals surface area contributed by atoms with Crippen LogP contribution in [0.3, 0.4) is 0 Å². The van der Waals surface area contributed by atoms with E-state index >= 15 is 0 Å². The van der Waals surface area contributed by atoms with Gasteiger partial charge in [-0.15, -0.1) is 0 Å². The lowest BCUT2D eigenvalue weighted by molar-refractivity contribution is 0.0317. The number of hydrogen-bond donors (Lipinski definition) is 0. The molecule has 114 valence electrons. The van der Waals surface area contributed by atoms with Gasteiger partial charge in [-0.1, -0.05) is 12.1 Å². The van der Waals surface area contributed by atoms with Crippen LogP contribution in [0.1, 0.15) is 50.9 Å². The van der Waals surface area contributed by atoms with Gasteiger partial charge in [-0.2, -0.15) is 0 Å². The zero-order chi connectivity index (χ0) is 15.7. The Labute approximate surface area is 129 Å². The Morgan fingerprint density at radius 3 is 2.68 bits per heavy atom. The molecule has 0 saturated carbocycles. The summed E-state index contributed by atoms with van der Waals surface area (Å²) in [6, 6.07) is 7.30. The fraction of sp³-hybridized carbons (Fsp3) is 0.333. The SMILES string of the molecule is Cc1occc1C(=O)O[C@@H](C)C(=O)c1ccc2c(c1)CCC2. The predicted molar refractivity (Wildman–Crippen MR) is 81.1 cm³/mol. The number of Topliss-reactive ketones (excluding diaryl/α,β-unsaturated/α-hetero) is 1. The quantitative estimate of drug-likeness (QED) is 0.640. The van der Waals surface area contributed by atoms with E-state index in [2.05, 4.69) is 0 Å². The average molecular weight is 298 g/mol. The fourth-order valence-electron chi connectivity index (χ4n) is 2.83. The highest BCUT2D eigenvalue weighted by molar-refractivity contribution is 6.01. The number of ketones is 1. The lowest BCUT2D eigenvalue weighted by Crippen LogP contribution is -2.24. The average Bonchev–Trinajstić information content (AvgIpc) is 3.13. The number of hydrogen-bond acceptors (Lipinski definition) is 4. The number of furan rings is 1. The summed E-state index contributed by atoms with van der Waals surface area (Å²) < 4.78 is 10.3. The summed E-state index contributed by atoms with van der Waals surface area (Å²) in [6.45, 7) is 3.28. The summed E-state index contributed by atoms with van der Waals surface area (Å²) in [6.07, 6.45) is 3.84. The van der Waals surface area contributed by atoms with Crippen LogP contribution < -0.4 is 0 Å². The van der Waals surface area contributed by atoms with Crippen LogP contribution in [0, 0.1) is 6.92 Å². The number of carbonyl (C=O) groups excluding carboxylic acids is 2. The van der Waals surface area contributed by atoms with Gasteiger partial charge in [0.2, 0.25) is 5.78 Å². The van der Waals surface area contributed by atoms with Gasteiger partial charge in [0.15, 0.2) is 6.10 Å². The third-order valence-electron chi connectivity index (χ3n) is 4.11. The molecule has 0 aliphatic heterocycles. The Morgan fingerprint density at radius 1 is 1.18 bits per heavy atom. The van der Waals surface area contributed by atoms with E-state index in [0.717, 1.165) is 19.3 Å². The lowest BCUT2D eigenvalue weighted by Gasteiger charge is -2.13. The third-order valence-corrected chi connectivity index (χ3v) is 4.11. The standard InChI is InChI=1S/C18H18O4/c1-11-16(8-9-21-11)18(20)22-12(2)17(19)15-7-6-13-4-3-5-14(13)10-15/h6-10,12H,3-5H2,1-2H3/t12-/m0/s1. The van der Waals surface area contributed by atoms with Crippen molar-refractivity contribution < 1.29 is 18.7 Å². The summed E-state index contributed by atoms with van der Waals surface area (Å²) in [7, 11) is 0. The van der Waals surface area contributed by atoms with Crippen molar-refractivity contribution in [1.82, 2.24) is 0 Å². The minimum atomic E-state index is -0.818. The van der Waals surface area contributed by atoms with Crippen molar-refractivity contribution in [1.29, 1.82) is 0 Å². The molecule has 0 unspecified atom stereocenters. The van der Waals surface area contributed by atoms with Crippen LogP contribution in [0.2, 0.25) is 0 Å². The van der Waals surface area contributed by atoms with Gasteiger partial charge < -0.3 is 9.15 Å². The van der Waals surface area contributed by atoms with Crippen molar-refractivity contribution in [3.8, 4) is 0 Å². The Morgan fingerprint density at radius 2 is 1.95 bits per heavy atom. The summed E-state index contributed by atoms with van der Waals surface area (Å²) >= 11 is 0. The maximum absolute atomic E-state index is 12.4. The molecule has 0 radical (unpaired) electrons. The van der Waals surface area contributed by atoms with Crippen LogP contribution in [-0.4, -0.2) is 17.9 Å². The number of ether oxygens (including phenoxy) is 1. The van der Waals surface area contributed by atoms with Crippen LogP contribution in [0.4, 0.5) is 0 Å². The molecule has 0 spiro atoms. The van der Waals surface area contributed by atoms with Gasteiger partial charge in [0.1, 0.15) is 11.3 Å². The molecule has 3 rings (SSSR count). The van der Waals surface area contributed by atoms with E-state index in [1.165, 1.54) is 17.4 Å². The van der Waals surface area contributed by atoms with E-state index in [0.29, 0.717) is 16.9 Å². The van der Waals surface area contributed by atoms with Crippen LogP contribution in [-0.2, 0) is 17.6 Å². The number of benzene rings is 1. The molecule has 2 aromatic rings. The minimum absolute atomic E-state index is 0.177. The van der Waals surface area contributed by atoms with Crippen molar-refractivity contribution in [3.05, 3.63) is 58.5 Å². The maximum Gasteiger partial charge on any atom is 0.342 e. The molecule has 0 amide bonds. The topological polar surface area (TPSA) is 56.5 Å². The first kappa shape index (κ1) is 14.6. The molecule has 1 aliphatic rings. The van der Waals surface area contributed by atoms with Crippen LogP contribution >= 0.6 is 0 Å². The monoisotopic (exact) mass is 298 g/mol. The molecular formula is C18H18O4. The van der Waals surface area contributed by atoms with Crippen LogP contribution in [0.15, 0.2) is 34.9 Å². The number of fused-ring (bicyclic) bond motifs is 1. The van der Waals surface area contributed by atoms with Gasteiger partial charge in [-0.05, 0) is 56.4 Å². The highest BCUT2D eigenvalue weighted by Gasteiger charge is 2.23. The Balaban J connectivity index is 1.72. The van der Waals surface area contributed by atoms with E-state index in [1.54, 1.807) is 19.9 Å². The molecule has 1 atom stereocenters. The molecule has 1 aliphatic carbocycles. The first-order valence-electron chi connectivity index (χ1n) is 7.47. The Kier molecular flexibility index (Phi) is 3.84. The fourth-order valence-corrected chi connectivity index (χ4v) is 2.83. The van der Waals surface area contributed by atoms with Crippen molar-refractivity contribution in [3.63, 3.8) is 0 Å². The smallest absolute Gasteiger partial charge is 0.342 e. The van der Waals surface area contributed by atoms with Gasteiger partial charge in [-0.3, -0.25) is 4.79 Å². The summed E-state index contributed by atoms with van der Waals surface area (Å²) in [5, 5.41) is 0. The molecule has 0 bridgehead atoms. The van der Waals surface area contributed by atoms with Crippen molar-refractivity contribution in [2.24, 2.45) is 0 Å². The summed E-state index contributed by atoms with van der Waals surface area (Å²) in [5.41, 5.74) is 3.50. The molecular weight excluding hydrogens is 280 g/mol. The van der Waals surface area contributed by atoms with Gasteiger partial charge >= 0.3 is 5.97 Å². The normalized spacial score (nSPS) is 14.5. The van der Waals surface area contributed by atoms with E-state index in [9.17, 15) is 9.59 Å². The highest BCUT2D eigenvalue weighted by atomic mass is 16.5. The molecule has 4 nitrogen and oxygen atoms in total. The van der Waals surface area contributed by atoms with Crippen molar-refractivity contribution in [2.75, 3.05) is 0 Å². The summed E-state index contributed by atoms with van der Waals surface area (Å²) in [4.78, 5) is 24.5. The third kappa shape index (κ3) is 2.69. The number of aryl methyl sites for hydroxylation is 3.